The van der Waals surface area contributed by atoms with Crippen LogP contribution in [0.3, 0.4) is 0 Å². The molecule has 1 aromatic rings. The van der Waals surface area contributed by atoms with E-state index in [0.29, 0.717) is 11.2 Å². The van der Waals surface area contributed by atoms with Gasteiger partial charge in [0, 0.05) is 4.88 Å². The van der Waals surface area contributed by atoms with Crippen molar-refractivity contribution in [3.05, 3.63) is 21.9 Å². The third-order valence-electron chi connectivity index (χ3n) is 1.36. The molecule has 0 bridgehead atoms. The molecule has 0 aromatic carbocycles. The molecule has 0 N–H and O–H groups in total. The van der Waals surface area contributed by atoms with Crippen molar-refractivity contribution in [3.8, 4) is 0 Å². The summed E-state index contributed by atoms with van der Waals surface area (Å²) in [5, 5.41) is 0. The van der Waals surface area contributed by atoms with Gasteiger partial charge < -0.3 is 0 Å². The molecule has 0 atom stereocenters. The van der Waals surface area contributed by atoms with Crippen LogP contribution in [0.4, 0.5) is 0 Å². The molecular weight excluding hydrogens is 160 g/mol. The maximum atomic E-state index is 10.8. The van der Waals surface area contributed by atoms with Crippen molar-refractivity contribution >= 4 is 23.4 Å². The van der Waals surface area contributed by atoms with Gasteiger partial charge in [0.1, 0.15) is 0 Å². The first kappa shape index (κ1) is 8.14. The van der Waals surface area contributed by atoms with Gasteiger partial charge in [0.2, 0.25) is 5.78 Å². The highest BCUT2D eigenvalue weighted by atomic mass is 32.1. The van der Waals surface area contributed by atoms with Crippen LogP contribution < -0.4 is 0 Å². The molecule has 2 nitrogen and oxygen atoms in total. The number of aldehydes is 1. The highest BCUT2D eigenvalue weighted by Gasteiger charge is 2.05. The van der Waals surface area contributed by atoms with E-state index in [4.69, 9.17) is 0 Å². The summed E-state index contributed by atoms with van der Waals surface area (Å²) < 4.78 is 0. The molecule has 0 saturated heterocycles. The molecule has 0 saturated carbocycles. The predicted molar refractivity (Wildman–Crippen MR) is 44.1 cm³/mol. The second-order valence-electron chi connectivity index (χ2n) is 2.10. The van der Waals surface area contributed by atoms with Gasteiger partial charge in [0.15, 0.2) is 6.29 Å². The maximum absolute atomic E-state index is 10.8. The fraction of sp³-hybridized carbons (Fsp3) is 0.250. The highest BCUT2D eigenvalue weighted by molar-refractivity contribution is 7.14. The molecule has 0 amide bonds. The van der Waals surface area contributed by atoms with Crippen LogP contribution in [0.2, 0.25) is 0 Å². The van der Waals surface area contributed by atoms with Crippen molar-refractivity contribution < 1.29 is 9.59 Å². The average molecular weight is 168 g/mol. The normalized spacial score (nSPS) is 9.55. The van der Waals surface area contributed by atoms with Crippen molar-refractivity contribution in [1.29, 1.82) is 0 Å². The number of aryl methyl sites for hydroxylation is 1. The fourth-order valence-corrected chi connectivity index (χ4v) is 1.61. The summed E-state index contributed by atoms with van der Waals surface area (Å²) in [6, 6.07) is 3.57. The molecular formula is C8H8O2S. The van der Waals surface area contributed by atoms with E-state index in [-0.39, 0.29) is 0 Å². The Morgan fingerprint density at radius 2 is 2.36 bits per heavy atom. The molecule has 58 valence electrons. The fourth-order valence-electron chi connectivity index (χ4n) is 0.758. The van der Waals surface area contributed by atoms with Crippen molar-refractivity contribution in [1.82, 2.24) is 0 Å². The summed E-state index contributed by atoms with van der Waals surface area (Å²) >= 11 is 1.38. The standard InChI is InChI=1S/C8H8O2S/c1-2-6-3-4-8(11-6)7(10)5-9/h3-5H,2H2,1H3. The van der Waals surface area contributed by atoms with Gasteiger partial charge in [-0.3, -0.25) is 9.59 Å². The minimum absolute atomic E-state index is 0.352. The van der Waals surface area contributed by atoms with Crippen molar-refractivity contribution in [2.24, 2.45) is 0 Å². The van der Waals surface area contributed by atoms with E-state index in [1.807, 2.05) is 13.0 Å². The van der Waals surface area contributed by atoms with Crippen LogP contribution in [-0.4, -0.2) is 12.1 Å². The van der Waals surface area contributed by atoms with Crippen LogP contribution >= 0.6 is 11.3 Å². The first-order valence-electron chi connectivity index (χ1n) is 3.36. The van der Waals surface area contributed by atoms with Crippen LogP contribution in [0, 0.1) is 0 Å². The number of carbonyl (C=O) groups is 2. The molecule has 1 rings (SSSR count). The lowest BCUT2D eigenvalue weighted by Gasteiger charge is -1.83. The van der Waals surface area contributed by atoms with E-state index in [1.54, 1.807) is 6.07 Å². The summed E-state index contributed by atoms with van der Waals surface area (Å²) in [5.41, 5.74) is 0. The average Bonchev–Trinajstić information content (AvgIpc) is 2.50. The summed E-state index contributed by atoms with van der Waals surface area (Å²) in [4.78, 5) is 22.5. The lowest BCUT2D eigenvalue weighted by Crippen LogP contribution is -1.94. The monoisotopic (exact) mass is 168 g/mol. The van der Waals surface area contributed by atoms with E-state index in [0.717, 1.165) is 11.3 Å². The molecule has 1 aromatic heterocycles. The molecule has 0 unspecified atom stereocenters. The molecule has 11 heavy (non-hydrogen) atoms. The number of Topliss-reactive ketones (excluding diaryl/α,β-unsaturated/α-hetero) is 1. The molecule has 1 heterocycles. The quantitative estimate of drug-likeness (QED) is 0.391. The number of ketones is 1. The Kier molecular flexibility index (Phi) is 2.54. The van der Waals surface area contributed by atoms with Gasteiger partial charge in [0.05, 0.1) is 4.88 Å². The third-order valence-corrected chi connectivity index (χ3v) is 2.60. The number of carbonyl (C=O) groups excluding carboxylic acids is 2. The molecule has 0 aliphatic carbocycles. The van der Waals surface area contributed by atoms with Crippen LogP contribution in [0.1, 0.15) is 21.5 Å². The Bertz CT molecular complexity index is 275. The Balaban J connectivity index is 2.88. The molecule has 0 fully saturated rings. The van der Waals surface area contributed by atoms with Gasteiger partial charge in [-0.15, -0.1) is 11.3 Å². The van der Waals surface area contributed by atoms with E-state index in [1.165, 1.54) is 11.3 Å². The van der Waals surface area contributed by atoms with Gasteiger partial charge in [-0.1, -0.05) is 6.92 Å². The van der Waals surface area contributed by atoms with Gasteiger partial charge >= 0.3 is 0 Å². The van der Waals surface area contributed by atoms with Crippen molar-refractivity contribution in [2.75, 3.05) is 0 Å². The Morgan fingerprint density at radius 3 is 2.82 bits per heavy atom. The smallest absolute Gasteiger partial charge is 0.235 e. The molecule has 0 spiro atoms. The van der Waals surface area contributed by atoms with E-state index >= 15 is 0 Å². The number of thiophene rings is 1. The minimum Gasteiger partial charge on any atom is -0.294 e. The zero-order valence-electron chi connectivity index (χ0n) is 6.16. The van der Waals surface area contributed by atoms with Crippen LogP contribution in [0.15, 0.2) is 12.1 Å². The molecule has 0 radical (unpaired) electrons. The first-order valence-corrected chi connectivity index (χ1v) is 4.17. The Morgan fingerprint density at radius 1 is 1.64 bits per heavy atom. The SMILES string of the molecule is CCc1ccc(C(=O)C=O)s1. The zero-order chi connectivity index (χ0) is 8.27. The zero-order valence-corrected chi connectivity index (χ0v) is 6.98. The number of rotatable bonds is 3. The van der Waals surface area contributed by atoms with Crippen LogP contribution in [0.5, 0.6) is 0 Å². The van der Waals surface area contributed by atoms with Crippen LogP contribution in [0.25, 0.3) is 0 Å². The van der Waals surface area contributed by atoms with Gasteiger partial charge in [-0.25, -0.2) is 0 Å². The number of hydrogen-bond acceptors (Lipinski definition) is 3. The van der Waals surface area contributed by atoms with E-state index < -0.39 is 5.78 Å². The first-order chi connectivity index (χ1) is 5.27. The lowest BCUT2D eigenvalue weighted by molar-refractivity contribution is -0.104. The van der Waals surface area contributed by atoms with Crippen molar-refractivity contribution in [3.63, 3.8) is 0 Å². The molecule has 0 aliphatic heterocycles. The Labute approximate surface area is 68.9 Å². The highest BCUT2D eigenvalue weighted by Crippen LogP contribution is 2.16. The summed E-state index contributed by atoms with van der Waals surface area (Å²) in [6.45, 7) is 2.01. The summed E-state index contributed by atoms with van der Waals surface area (Å²) in [6.07, 6.45) is 1.27. The van der Waals surface area contributed by atoms with Gasteiger partial charge in [0.25, 0.3) is 0 Å². The molecule has 0 aliphatic rings. The van der Waals surface area contributed by atoms with Crippen LogP contribution in [-0.2, 0) is 11.2 Å². The molecule has 3 heteroatoms. The maximum Gasteiger partial charge on any atom is 0.235 e. The topological polar surface area (TPSA) is 34.1 Å². The van der Waals surface area contributed by atoms with E-state index in [2.05, 4.69) is 0 Å². The van der Waals surface area contributed by atoms with Gasteiger partial charge in [-0.05, 0) is 18.6 Å². The summed E-state index contributed by atoms with van der Waals surface area (Å²) in [5.74, 6) is -0.422. The van der Waals surface area contributed by atoms with Crippen molar-refractivity contribution in [2.45, 2.75) is 13.3 Å². The largest absolute Gasteiger partial charge is 0.294 e. The lowest BCUT2D eigenvalue weighted by atomic mass is 10.3. The minimum atomic E-state index is -0.422. The second kappa shape index (κ2) is 3.44. The summed E-state index contributed by atoms with van der Waals surface area (Å²) in [7, 11) is 0. The number of hydrogen-bond donors (Lipinski definition) is 0. The third kappa shape index (κ3) is 1.74. The predicted octanol–water partition coefficient (Wildman–Crippen LogP) is 1.69. The van der Waals surface area contributed by atoms with Gasteiger partial charge in [-0.2, -0.15) is 0 Å². The second-order valence-corrected chi connectivity index (χ2v) is 3.27. The van der Waals surface area contributed by atoms with E-state index in [9.17, 15) is 9.59 Å². The Hall–Kier alpha value is -0.960.